The summed E-state index contributed by atoms with van der Waals surface area (Å²) in [5, 5.41) is 2.86. The highest BCUT2D eigenvalue weighted by molar-refractivity contribution is 5.83. The van der Waals surface area contributed by atoms with Gasteiger partial charge in [0.1, 0.15) is 11.9 Å². The second-order valence-corrected chi connectivity index (χ2v) is 5.82. The number of nitrogens with zero attached hydrogens (tertiary/aromatic N) is 2. The molecule has 1 aromatic carbocycles. The van der Waals surface area contributed by atoms with E-state index in [1.807, 2.05) is 50.2 Å². The van der Waals surface area contributed by atoms with Gasteiger partial charge in [-0.05, 0) is 33.5 Å². The fourth-order valence-electron chi connectivity index (χ4n) is 2.53. The maximum absolute atomic E-state index is 12.6. The van der Waals surface area contributed by atoms with Crippen molar-refractivity contribution in [2.24, 2.45) is 0 Å². The third-order valence-corrected chi connectivity index (χ3v) is 3.48. The number of carbonyl (C=O) groups excluding carboxylic acids is 1. The van der Waals surface area contributed by atoms with Crippen LogP contribution in [-0.4, -0.2) is 34.9 Å². The molecule has 1 amide bonds. The number of carbonyl (C=O) groups is 1. The summed E-state index contributed by atoms with van der Waals surface area (Å²) in [4.78, 5) is 32.7. The summed E-state index contributed by atoms with van der Waals surface area (Å²) in [5.41, 5.74) is 2.36. The van der Waals surface area contributed by atoms with Crippen LogP contribution in [0.25, 0.3) is 0 Å². The molecule has 6 nitrogen and oxygen atoms in total. The molecule has 2 rings (SSSR count). The van der Waals surface area contributed by atoms with E-state index in [1.54, 1.807) is 6.92 Å². The SMILES string of the molecule is Cc1cccc([C@@H](C(=O)NCc2cc(=O)[nH]c(C)n2)N(C)C)c1. The Labute approximate surface area is 135 Å². The van der Waals surface area contributed by atoms with Gasteiger partial charge in [-0.2, -0.15) is 0 Å². The normalized spacial score (nSPS) is 12.2. The standard InChI is InChI=1S/C17H22N4O2/c1-11-6-5-7-13(8-11)16(21(3)4)17(23)18-10-14-9-15(22)20-12(2)19-14/h5-9,16H,10H2,1-4H3,(H,18,23)(H,19,20,22)/t16-/m0/s1. The monoisotopic (exact) mass is 314 g/mol. The molecular formula is C17H22N4O2. The molecule has 0 fully saturated rings. The Bertz CT molecular complexity index is 752. The number of likely N-dealkylation sites (N-methyl/N-ethyl adjacent to an activating group) is 1. The Hall–Kier alpha value is -2.47. The number of H-pyrrole nitrogens is 1. The van der Waals surface area contributed by atoms with E-state index in [0.717, 1.165) is 11.1 Å². The second-order valence-electron chi connectivity index (χ2n) is 5.82. The highest BCUT2D eigenvalue weighted by Gasteiger charge is 2.22. The van der Waals surface area contributed by atoms with Crippen LogP contribution in [0.15, 0.2) is 35.1 Å². The molecule has 1 aromatic heterocycles. The van der Waals surface area contributed by atoms with Gasteiger partial charge in [-0.15, -0.1) is 0 Å². The fraction of sp³-hybridized carbons (Fsp3) is 0.353. The molecule has 2 N–H and O–H groups in total. The summed E-state index contributed by atoms with van der Waals surface area (Å²) in [5.74, 6) is 0.407. The predicted octanol–water partition coefficient (Wildman–Crippen LogP) is 1.31. The molecule has 0 saturated carbocycles. The number of amides is 1. The molecule has 0 unspecified atom stereocenters. The van der Waals surface area contributed by atoms with Crippen molar-refractivity contribution in [1.29, 1.82) is 0 Å². The molecule has 1 atom stereocenters. The summed E-state index contributed by atoms with van der Waals surface area (Å²) in [6.07, 6.45) is 0. The van der Waals surface area contributed by atoms with Crippen LogP contribution in [0.4, 0.5) is 0 Å². The van der Waals surface area contributed by atoms with E-state index >= 15 is 0 Å². The molecular weight excluding hydrogens is 292 g/mol. The van der Waals surface area contributed by atoms with Crippen molar-refractivity contribution in [3.8, 4) is 0 Å². The number of rotatable bonds is 5. The third-order valence-electron chi connectivity index (χ3n) is 3.48. The van der Waals surface area contributed by atoms with Gasteiger partial charge in [-0.3, -0.25) is 14.5 Å². The van der Waals surface area contributed by atoms with Crippen LogP contribution in [0.5, 0.6) is 0 Å². The van der Waals surface area contributed by atoms with Crippen molar-refractivity contribution in [1.82, 2.24) is 20.2 Å². The second kappa shape index (κ2) is 7.19. The number of nitrogens with one attached hydrogen (secondary N) is 2. The molecule has 2 aromatic rings. The van der Waals surface area contributed by atoms with Gasteiger partial charge in [0.25, 0.3) is 5.56 Å². The van der Waals surface area contributed by atoms with Crippen LogP contribution in [0.2, 0.25) is 0 Å². The van der Waals surface area contributed by atoms with E-state index in [2.05, 4.69) is 15.3 Å². The van der Waals surface area contributed by atoms with Gasteiger partial charge in [-0.25, -0.2) is 4.98 Å². The fourth-order valence-corrected chi connectivity index (χ4v) is 2.53. The topological polar surface area (TPSA) is 78.1 Å². The number of hydrogen-bond acceptors (Lipinski definition) is 4. The van der Waals surface area contributed by atoms with E-state index < -0.39 is 6.04 Å². The van der Waals surface area contributed by atoms with E-state index in [4.69, 9.17) is 0 Å². The van der Waals surface area contributed by atoms with E-state index in [9.17, 15) is 9.59 Å². The first kappa shape index (κ1) is 16.9. The van der Waals surface area contributed by atoms with Crippen molar-refractivity contribution in [2.45, 2.75) is 26.4 Å². The van der Waals surface area contributed by atoms with Crippen molar-refractivity contribution in [2.75, 3.05) is 14.1 Å². The molecule has 0 aliphatic heterocycles. The van der Waals surface area contributed by atoms with Crippen LogP contribution >= 0.6 is 0 Å². The number of aryl methyl sites for hydroxylation is 2. The summed E-state index contributed by atoms with van der Waals surface area (Å²) < 4.78 is 0. The molecule has 0 aliphatic rings. The Balaban J connectivity index is 2.14. The lowest BCUT2D eigenvalue weighted by atomic mass is 10.0. The number of benzene rings is 1. The summed E-state index contributed by atoms with van der Waals surface area (Å²) in [6.45, 7) is 3.93. The highest BCUT2D eigenvalue weighted by Crippen LogP contribution is 2.19. The van der Waals surface area contributed by atoms with Gasteiger partial charge in [-0.1, -0.05) is 29.8 Å². The van der Waals surface area contributed by atoms with Crippen molar-refractivity contribution >= 4 is 5.91 Å². The van der Waals surface area contributed by atoms with Crippen LogP contribution in [0.3, 0.4) is 0 Å². The first-order chi connectivity index (χ1) is 10.9. The lowest BCUT2D eigenvalue weighted by Crippen LogP contribution is -2.37. The molecule has 6 heteroatoms. The van der Waals surface area contributed by atoms with Gasteiger partial charge in [0, 0.05) is 6.07 Å². The number of aromatic nitrogens is 2. The summed E-state index contributed by atoms with van der Waals surface area (Å²) >= 11 is 0. The van der Waals surface area contributed by atoms with E-state index in [-0.39, 0.29) is 18.0 Å². The zero-order valence-electron chi connectivity index (χ0n) is 13.9. The summed E-state index contributed by atoms with van der Waals surface area (Å²) in [6, 6.07) is 8.88. The molecule has 0 spiro atoms. The van der Waals surface area contributed by atoms with Gasteiger partial charge in [0.05, 0.1) is 12.2 Å². The lowest BCUT2D eigenvalue weighted by Gasteiger charge is -2.24. The smallest absolute Gasteiger partial charge is 0.251 e. The molecule has 0 bridgehead atoms. The van der Waals surface area contributed by atoms with Crippen LogP contribution < -0.4 is 10.9 Å². The minimum atomic E-state index is -0.391. The van der Waals surface area contributed by atoms with Crippen LogP contribution in [0, 0.1) is 13.8 Å². The van der Waals surface area contributed by atoms with Gasteiger partial charge in [0.2, 0.25) is 5.91 Å². The van der Waals surface area contributed by atoms with Crippen molar-refractivity contribution in [3.63, 3.8) is 0 Å². The first-order valence-electron chi connectivity index (χ1n) is 7.44. The Morgan fingerprint density at radius 2 is 2.04 bits per heavy atom. The average molecular weight is 314 g/mol. The zero-order chi connectivity index (χ0) is 17.0. The Kier molecular flexibility index (Phi) is 5.28. The maximum atomic E-state index is 12.6. The largest absolute Gasteiger partial charge is 0.349 e. The van der Waals surface area contributed by atoms with Crippen molar-refractivity contribution < 1.29 is 4.79 Å². The zero-order valence-corrected chi connectivity index (χ0v) is 13.9. The van der Waals surface area contributed by atoms with Gasteiger partial charge >= 0.3 is 0 Å². The van der Waals surface area contributed by atoms with Gasteiger partial charge in [0.15, 0.2) is 0 Å². The Morgan fingerprint density at radius 1 is 1.30 bits per heavy atom. The predicted molar refractivity (Wildman–Crippen MR) is 89.0 cm³/mol. The lowest BCUT2D eigenvalue weighted by molar-refractivity contribution is -0.126. The Morgan fingerprint density at radius 3 is 2.65 bits per heavy atom. The van der Waals surface area contributed by atoms with E-state index in [0.29, 0.717) is 11.5 Å². The quantitative estimate of drug-likeness (QED) is 0.872. The highest BCUT2D eigenvalue weighted by atomic mass is 16.2. The number of hydrogen-bond donors (Lipinski definition) is 2. The average Bonchev–Trinajstić information content (AvgIpc) is 2.44. The maximum Gasteiger partial charge on any atom is 0.251 e. The third kappa shape index (κ3) is 4.50. The molecule has 0 aliphatic carbocycles. The molecule has 122 valence electrons. The molecule has 23 heavy (non-hydrogen) atoms. The number of aromatic amines is 1. The molecule has 0 radical (unpaired) electrons. The van der Waals surface area contributed by atoms with Crippen LogP contribution in [0.1, 0.15) is 28.7 Å². The van der Waals surface area contributed by atoms with Crippen LogP contribution in [-0.2, 0) is 11.3 Å². The minimum absolute atomic E-state index is 0.125. The van der Waals surface area contributed by atoms with E-state index in [1.165, 1.54) is 6.07 Å². The van der Waals surface area contributed by atoms with Crippen molar-refractivity contribution in [3.05, 3.63) is 63.3 Å². The van der Waals surface area contributed by atoms with Gasteiger partial charge < -0.3 is 10.3 Å². The molecule has 0 saturated heterocycles. The molecule has 1 heterocycles. The minimum Gasteiger partial charge on any atom is -0.349 e. The first-order valence-corrected chi connectivity index (χ1v) is 7.44. The summed E-state index contributed by atoms with van der Waals surface area (Å²) in [7, 11) is 3.73.